The molecular weight excluding hydrogens is 270 g/mol. The fourth-order valence-corrected chi connectivity index (χ4v) is 2.20. The Morgan fingerprint density at radius 2 is 1.90 bits per heavy atom. The molecule has 21 heavy (non-hydrogen) atoms. The van der Waals surface area contributed by atoms with Crippen molar-refractivity contribution in [1.29, 1.82) is 0 Å². The summed E-state index contributed by atoms with van der Waals surface area (Å²) >= 11 is 0. The van der Waals surface area contributed by atoms with Gasteiger partial charge in [-0.25, -0.2) is 4.98 Å². The molecule has 114 valence electrons. The molecule has 1 aromatic heterocycles. The van der Waals surface area contributed by atoms with Crippen LogP contribution in [0.15, 0.2) is 24.5 Å². The quantitative estimate of drug-likeness (QED) is 0.586. The van der Waals surface area contributed by atoms with Gasteiger partial charge in [-0.05, 0) is 24.6 Å². The monoisotopic (exact) mass is 291 g/mol. The summed E-state index contributed by atoms with van der Waals surface area (Å²) in [5.41, 5.74) is 3.79. The summed E-state index contributed by atoms with van der Waals surface area (Å²) in [5.74, 6) is 8.03. The number of aromatic nitrogens is 3. The van der Waals surface area contributed by atoms with E-state index in [4.69, 9.17) is 15.3 Å². The van der Waals surface area contributed by atoms with E-state index in [0.717, 1.165) is 29.4 Å². The Labute approximate surface area is 124 Å². The van der Waals surface area contributed by atoms with E-state index in [1.807, 2.05) is 29.8 Å². The number of benzene rings is 1. The highest BCUT2D eigenvalue weighted by Crippen LogP contribution is 2.27. The number of hydrazine groups is 1. The van der Waals surface area contributed by atoms with E-state index in [9.17, 15) is 0 Å². The minimum atomic E-state index is -0.108. The third kappa shape index (κ3) is 3.50. The van der Waals surface area contributed by atoms with Crippen LogP contribution in [-0.2, 0) is 13.0 Å². The molecule has 0 fully saturated rings. The maximum absolute atomic E-state index is 5.71. The summed E-state index contributed by atoms with van der Waals surface area (Å²) < 4.78 is 12.4. The minimum absolute atomic E-state index is 0.108. The third-order valence-electron chi connectivity index (χ3n) is 3.36. The molecule has 1 unspecified atom stereocenters. The number of nitrogens with zero attached hydrogens (tertiary/aromatic N) is 3. The highest BCUT2D eigenvalue weighted by Gasteiger charge is 2.16. The van der Waals surface area contributed by atoms with Crippen LogP contribution >= 0.6 is 0 Å². The zero-order valence-corrected chi connectivity index (χ0v) is 12.5. The van der Waals surface area contributed by atoms with Gasteiger partial charge in [-0.1, -0.05) is 0 Å². The second-order valence-corrected chi connectivity index (χ2v) is 4.56. The fourth-order valence-electron chi connectivity index (χ4n) is 2.20. The molecule has 0 aliphatic carbocycles. The maximum Gasteiger partial charge on any atom is 0.138 e. The zero-order chi connectivity index (χ0) is 15.2. The van der Waals surface area contributed by atoms with Gasteiger partial charge in [0.2, 0.25) is 0 Å². The van der Waals surface area contributed by atoms with Gasteiger partial charge in [0.25, 0.3) is 0 Å². The van der Waals surface area contributed by atoms with E-state index >= 15 is 0 Å². The Kier molecular flexibility index (Phi) is 5.13. The van der Waals surface area contributed by atoms with Crippen molar-refractivity contribution in [3.63, 3.8) is 0 Å². The summed E-state index contributed by atoms with van der Waals surface area (Å²) in [6, 6.07) is 5.58. The van der Waals surface area contributed by atoms with Crippen molar-refractivity contribution in [1.82, 2.24) is 20.2 Å². The van der Waals surface area contributed by atoms with Gasteiger partial charge in [-0.2, -0.15) is 5.10 Å². The largest absolute Gasteiger partial charge is 0.497 e. The topological polar surface area (TPSA) is 87.2 Å². The van der Waals surface area contributed by atoms with Crippen molar-refractivity contribution in [2.24, 2.45) is 5.84 Å². The van der Waals surface area contributed by atoms with Gasteiger partial charge in [0, 0.05) is 19.0 Å². The molecular formula is C14H21N5O2. The highest BCUT2D eigenvalue weighted by molar-refractivity contribution is 5.40. The third-order valence-corrected chi connectivity index (χ3v) is 3.36. The number of methoxy groups -OCH3 is 2. The summed E-state index contributed by atoms with van der Waals surface area (Å²) in [6.45, 7) is 2.80. The Bertz CT molecular complexity index is 562. The second-order valence-electron chi connectivity index (χ2n) is 4.56. The Morgan fingerprint density at radius 3 is 2.43 bits per heavy atom. The van der Waals surface area contributed by atoms with Crippen LogP contribution in [-0.4, -0.2) is 29.0 Å². The standard InChI is InChI=1S/C14H21N5O2/c1-4-19-14(16-9-17-19)8-13(18-15)10-5-11(20-2)7-12(6-10)21-3/h5-7,9,13,18H,4,8,15H2,1-3H3. The van der Waals surface area contributed by atoms with Crippen LogP contribution < -0.4 is 20.7 Å². The minimum Gasteiger partial charge on any atom is -0.497 e. The molecule has 0 saturated heterocycles. The van der Waals surface area contributed by atoms with E-state index in [2.05, 4.69) is 15.5 Å². The number of hydrogen-bond acceptors (Lipinski definition) is 6. The molecule has 7 heteroatoms. The average molecular weight is 291 g/mol. The first-order chi connectivity index (χ1) is 10.2. The highest BCUT2D eigenvalue weighted by atomic mass is 16.5. The van der Waals surface area contributed by atoms with E-state index in [-0.39, 0.29) is 6.04 Å². The average Bonchev–Trinajstić information content (AvgIpc) is 2.99. The van der Waals surface area contributed by atoms with Crippen LogP contribution in [0, 0.1) is 0 Å². The van der Waals surface area contributed by atoms with Crippen LogP contribution in [0.25, 0.3) is 0 Å². The van der Waals surface area contributed by atoms with E-state index in [1.54, 1.807) is 20.5 Å². The normalized spacial score (nSPS) is 12.2. The molecule has 0 bridgehead atoms. The van der Waals surface area contributed by atoms with Crippen molar-refractivity contribution in [3.8, 4) is 11.5 Å². The van der Waals surface area contributed by atoms with Crippen LogP contribution in [0.1, 0.15) is 24.4 Å². The molecule has 0 amide bonds. The first-order valence-electron chi connectivity index (χ1n) is 6.77. The smallest absolute Gasteiger partial charge is 0.138 e. The molecule has 2 aromatic rings. The summed E-state index contributed by atoms with van der Waals surface area (Å²) in [4.78, 5) is 4.28. The number of nitrogens with one attached hydrogen (secondary N) is 1. The van der Waals surface area contributed by atoms with Crippen molar-refractivity contribution in [2.75, 3.05) is 14.2 Å². The predicted molar refractivity (Wildman–Crippen MR) is 79.0 cm³/mol. The lowest BCUT2D eigenvalue weighted by molar-refractivity contribution is 0.391. The number of nitrogens with two attached hydrogens (primary N) is 1. The van der Waals surface area contributed by atoms with Gasteiger partial charge in [-0.3, -0.25) is 16.0 Å². The number of rotatable bonds is 7. The zero-order valence-electron chi connectivity index (χ0n) is 12.5. The number of ether oxygens (including phenoxy) is 2. The van der Waals surface area contributed by atoms with Gasteiger partial charge in [0.15, 0.2) is 0 Å². The second kappa shape index (κ2) is 7.05. The molecule has 2 rings (SSSR count). The van der Waals surface area contributed by atoms with Crippen LogP contribution in [0.5, 0.6) is 11.5 Å². The Morgan fingerprint density at radius 1 is 1.24 bits per heavy atom. The lowest BCUT2D eigenvalue weighted by Crippen LogP contribution is -2.30. The molecule has 0 radical (unpaired) electrons. The molecule has 1 atom stereocenters. The fraction of sp³-hybridized carbons (Fsp3) is 0.429. The first kappa shape index (κ1) is 15.3. The van der Waals surface area contributed by atoms with Gasteiger partial charge in [0.05, 0.1) is 20.3 Å². The molecule has 0 aliphatic rings. The Balaban J connectivity index is 2.28. The number of hydrogen-bond donors (Lipinski definition) is 2. The van der Waals surface area contributed by atoms with Gasteiger partial charge in [0.1, 0.15) is 23.7 Å². The molecule has 1 heterocycles. The Hall–Kier alpha value is -2.12. The van der Waals surface area contributed by atoms with Crippen LogP contribution in [0.4, 0.5) is 0 Å². The maximum atomic E-state index is 5.71. The predicted octanol–water partition coefficient (Wildman–Crippen LogP) is 1.06. The van der Waals surface area contributed by atoms with Gasteiger partial charge >= 0.3 is 0 Å². The molecule has 0 saturated carbocycles. The molecule has 0 spiro atoms. The lowest BCUT2D eigenvalue weighted by Gasteiger charge is -2.18. The SMILES string of the molecule is CCn1ncnc1CC(NN)c1cc(OC)cc(OC)c1. The van der Waals surface area contributed by atoms with E-state index < -0.39 is 0 Å². The summed E-state index contributed by atoms with van der Waals surface area (Å²) in [7, 11) is 3.24. The molecule has 1 aromatic carbocycles. The van der Waals surface area contributed by atoms with Crippen molar-refractivity contribution >= 4 is 0 Å². The van der Waals surface area contributed by atoms with Crippen LogP contribution in [0.2, 0.25) is 0 Å². The van der Waals surface area contributed by atoms with Gasteiger partial charge < -0.3 is 9.47 Å². The molecule has 7 nitrogen and oxygen atoms in total. The van der Waals surface area contributed by atoms with E-state index in [1.165, 1.54) is 0 Å². The first-order valence-corrected chi connectivity index (χ1v) is 6.77. The van der Waals surface area contributed by atoms with Crippen molar-refractivity contribution < 1.29 is 9.47 Å². The molecule has 0 aliphatic heterocycles. The van der Waals surface area contributed by atoms with Crippen molar-refractivity contribution in [3.05, 3.63) is 35.9 Å². The van der Waals surface area contributed by atoms with Crippen molar-refractivity contribution in [2.45, 2.75) is 25.9 Å². The summed E-state index contributed by atoms with van der Waals surface area (Å²) in [5, 5.41) is 4.17. The number of aryl methyl sites for hydroxylation is 1. The van der Waals surface area contributed by atoms with Gasteiger partial charge in [-0.15, -0.1) is 0 Å². The van der Waals surface area contributed by atoms with Crippen LogP contribution in [0.3, 0.4) is 0 Å². The summed E-state index contributed by atoms with van der Waals surface area (Å²) in [6.07, 6.45) is 2.18. The lowest BCUT2D eigenvalue weighted by atomic mass is 10.0. The van der Waals surface area contributed by atoms with E-state index in [0.29, 0.717) is 6.42 Å². The molecule has 3 N–H and O–H groups in total.